The maximum Gasteiger partial charge on any atom is 0.153 e. The molecule has 3 aromatic rings. The Morgan fingerprint density at radius 3 is 2.54 bits per heavy atom. The van der Waals surface area contributed by atoms with Gasteiger partial charge in [0.05, 0.1) is 17.1 Å². The second-order valence-corrected chi connectivity index (χ2v) is 10.4. The Bertz CT molecular complexity index is 1360. The van der Waals surface area contributed by atoms with E-state index in [0.29, 0.717) is 29.1 Å². The highest BCUT2D eigenvalue weighted by molar-refractivity contribution is 7.98. The molecule has 7 nitrogen and oxygen atoms in total. The molecule has 0 amide bonds. The Labute approximate surface area is 222 Å². The van der Waals surface area contributed by atoms with E-state index in [1.807, 2.05) is 63.2 Å². The summed E-state index contributed by atoms with van der Waals surface area (Å²) in [5, 5.41) is 15.6. The Hall–Kier alpha value is -3.33. The molecular formula is C28H36FN7S. The molecule has 0 spiro atoms. The first-order chi connectivity index (χ1) is 17.7. The molecule has 0 radical (unpaired) electrons. The van der Waals surface area contributed by atoms with E-state index in [9.17, 15) is 4.39 Å². The number of benzene rings is 1. The summed E-state index contributed by atoms with van der Waals surface area (Å²) in [6, 6.07) is 9.26. The molecule has 0 unspecified atom stereocenters. The number of allylic oxidation sites excluding steroid dienone is 3. The van der Waals surface area contributed by atoms with Crippen molar-refractivity contribution in [1.82, 2.24) is 20.0 Å². The zero-order chi connectivity index (χ0) is 26.7. The highest BCUT2D eigenvalue weighted by atomic mass is 32.2. The highest BCUT2D eigenvalue weighted by Gasteiger charge is 2.33. The SMILES string of the molecule is CC/C(C)=C(/C(=C(\N=C(/C)N(C)c1ccc(SC)cc1F)Nc1cc(C)[nH]n1)C1CC1)n1ccc(C)n1. The minimum absolute atomic E-state index is 0.276. The van der Waals surface area contributed by atoms with E-state index >= 15 is 0 Å². The quantitative estimate of drug-likeness (QED) is 0.137. The molecule has 1 fully saturated rings. The van der Waals surface area contributed by atoms with Crippen LogP contribution >= 0.6 is 11.8 Å². The molecule has 0 saturated heterocycles. The van der Waals surface area contributed by atoms with Crippen molar-refractivity contribution in [2.24, 2.45) is 10.9 Å². The maximum absolute atomic E-state index is 15.0. The van der Waals surface area contributed by atoms with Gasteiger partial charge in [0, 0.05) is 35.5 Å². The third kappa shape index (κ3) is 6.15. The summed E-state index contributed by atoms with van der Waals surface area (Å²) >= 11 is 1.52. The summed E-state index contributed by atoms with van der Waals surface area (Å²) in [7, 11) is 1.84. The van der Waals surface area contributed by atoms with Crippen LogP contribution in [0.25, 0.3) is 5.70 Å². The number of aromatic amines is 1. The summed E-state index contributed by atoms with van der Waals surface area (Å²) < 4.78 is 16.9. The first kappa shape index (κ1) is 26.7. The molecule has 1 aliphatic rings. The number of H-pyrrole nitrogens is 1. The summed E-state index contributed by atoms with van der Waals surface area (Å²) in [4.78, 5) is 7.75. The van der Waals surface area contributed by atoms with Crippen LogP contribution in [-0.4, -0.2) is 39.1 Å². The van der Waals surface area contributed by atoms with Crippen LogP contribution in [0.4, 0.5) is 15.9 Å². The number of rotatable bonds is 9. The van der Waals surface area contributed by atoms with Gasteiger partial charge in [-0.3, -0.25) is 5.10 Å². The first-order valence-electron chi connectivity index (χ1n) is 12.6. The van der Waals surface area contributed by atoms with Crippen molar-refractivity contribution >= 4 is 34.8 Å². The Morgan fingerprint density at radius 1 is 1.24 bits per heavy atom. The lowest BCUT2D eigenvalue weighted by molar-refractivity contribution is 0.624. The van der Waals surface area contributed by atoms with E-state index in [1.165, 1.54) is 17.3 Å². The van der Waals surface area contributed by atoms with E-state index in [-0.39, 0.29) is 5.82 Å². The standard InChI is InChI=1S/C28H36FN7S/c1-8-17(2)27(36-14-13-18(3)34-36)26(21-9-10-21)28(31-25-15-19(4)32-33-25)30-20(5)35(6)24-12-11-22(37-7)16-23(24)29/h11-16,21H,8-10H2,1-7H3,(H2,31,32,33)/b27-17-,28-26+,30-20+. The third-order valence-corrected chi connectivity index (χ3v) is 7.33. The Kier molecular flexibility index (Phi) is 8.22. The number of hydrogen-bond acceptors (Lipinski definition) is 5. The Morgan fingerprint density at radius 2 is 2.00 bits per heavy atom. The summed E-state index contributed by atoms with van der Waals surface area (Å²) in [5.41, 5.74) is 5.77. The van der Waals surface area contributed by atoms with Gasteiger partial charge < -0.3 is 10.2 Å². The highest BCUT2D eigenvalue weighted by Crippen LogP contribution is 2.45. The van der Waals surface area contributed by atoms with Crippen molar-refractivity contribution in [2.75, 3.05) is 23.5 Å². The lowest BCUT2D eigenvalue weighted by atomic mass is 10.0. The van der Waals surface area contributed by atoms with Gasteiger partial charge in [0.25, 0.3) is 0 Å². The van der Waals surface area contributed by atoms with Crippen LogP contribution in [0.2, 0.25) is 0 Å². The average Bonchev–Trinajstić information content (AvgIpc) is 3.50. The van der Waals surface area contributed by atoms with Crippen molar-refractivity contribution in [3.05, 3.63) is 70.7 Å². The van der Waals surface area contributed by atoms with E-state index in [2.05, 4.69) is 29.4 Å². The third-order valence-electron chi connectivity index (χ3n) is 6.61. The minimum atomic E-state index is -0.276. The molecule has 4 rings (SSSR count). The van der Waals surface area contributed by atoms with Crippen LogP contribution in [0.15, 0.2) is 63.4 Å². The molecule has 0 atom stereocenters. The molecule has 37 heavy (non-hydrogen) atoms. The smallest absolute Gasteiger partial charge is 0.153 e. The first-order valence-corrected chi connectivity index (χ1v) is 13.8. The number of halogens is 1. The van der Waals surface area contributed by atoms with Crippen LogP contribution in [0.1, 0.15) is 51.4 Å². The monoisotopic (exact) mass is 521 g/mol. The number of thioether (sulfide) groups is 1. The fourth-order valence-corrected chi connectivity index (χ4v) is 4.61. The van der Waals surface area contributed by atoms with Crippen molar-refractivity contribution in [1.29, 1.82) is 0 Å². The molecule has 2 aromatic heterocycles. The summed E-state index contributed by atoms with van der Waals surface area (Å²) in [6.45, 7) is 10.2. The van der Waals surface area contributed by atoms with Crippen LogP contribution in [-0.2, 0) is 0 Å². The molecule has 2 N–H and O–H groups in total. The van der Waals surface area contributed by atoms with E-state index in [1.54, 1.807) is 17.0 Å². The predicted molar refractivity (Wildman–Crippen MR) is 153 cm³/mol. The fraction of sp³-hybridized carbons (Fsp3) is 0.393. The van der Waals surface area contributed by atoms with Crippen molar-refractivity contribution in [3.8, 4) is 0 Å². The predicted octanol–water partition coefficient (Wildman–Crippen LogP) is 7.01. The van der Waals surface area contributed by atoms with Gasteiger partial charge in [-0.1, -0.05) is 6.92 Å². The number of amidine groups is 1. The molecule has 1 aliphatic carbocycles. The zero-order valence-electron chi connectivity index (χ0n) is 22.7. The molecule has 0 bridgehead atoms. The largest absolute Gasteiger partial charge is 0.331 e. The van der Waals surface area contributed by atoms with Gasteiger partial charge in [-0.15, -0.1) is 11.8 Å². The van der Waals surface area contributed by atoms with E-state index in [0.717, 1.165) is 46.8 Å². The molecular weight excluding hydrogens is 485 g/mol. The summed E-state index contributed by atoms with van der Waals surface area (Å²) in [6.07, 6.45) is 6.99. The Balaban J connectivity index is 1.87. The molecule has 2 heterocycles. The normalized spacial score (nSPS) is 15.4. The number of hydrogen-bond donors (Lipinski definition) is 2. The van der Waals surface area contributed by atoms with Crippen molar-refractivity contribution < 1.29 is 4.39 Å². The molecule has 196 valence electrons. The molecule has 9 heteroatoms. The zero-order valence-corrected chi connectivity index (χ0v) is 23.5. The topological polar surface area (TPSA) is 74.1 Å². The average molecular weight is 522 g/mol. The lowest BCUT2D eigenvalue weighted by Crippen LogP contribution is -2.25. The van der Waals surface area contributed by atoms with Gasteiger partial charge in [-0.2, -0.15) is 10.2 Å². The van der Waals surface area contributed by atoms with Gasteiger partial charge >= 0.3 is 0 Å². The number of aryl methyl sites for hydroxylation is 2. The van der Waals surface area contributed by atoms with Crippen LogP contribution < -0.4 is 10.2 Å². The number of nitrogens with one attached hydrogen (secondary N) is 2. The van der Waals surface area contributed by atoms with Gasteiger partial charge in [0.1, 0.15) is 17.5 Å². The second kappa shape index (κ2) is 11.4. The van der Waals surface area contributed by atoms with Crippen molar-refractivity contribution in [3.63, 3.8) is 0 Å². The van der Waals surface area contributed by atoms with Crippen LogP contribution in [0.3, 0.4) is 0 Å². The number of aromatic nitrogens is 4. The van der Waals surface area contributed by atoms with Gasteiger partial charge in [-0.05, 0) is 89.0 Å². The number of nitrogens with zero attached hydrogens (tertiary/aromatic N) is 5. The number of anilines is 2. The second-order valence-electron chi connectivity index (χ2n) is 9.52. The van der Waals surface area contributed by atoms with Crippen LogP contribution in [0.5, 0.6) is 0 Å². The van der Waals surface area contributed by atoms with Gasteiger partial charge in [0.2, 0.25) is 0 Å². The summed E-state index contributed by atoms with van der Waals surface area (Å²) in [5.74, 6) is 2.12. The van der Waals surface area contributed by atoms with Crippen LogP contribution in [0, 0.1) is 25.6 Å². The fourth-order valence-electron chi connectivity index (χ4n) is 4.18. The molecule has 0 aliphatic heterocycles. The molecule has 1 aromatic carbocycles. The van der Waals surface area contributed by atoms with Gasteiger partial charge in [0.15, 0.2) is 5.82 Å². The van der Waals surface area contributed by atoms with Crippen molar-refractivity contribution in [2.45, 2.75) is 58.8 Å². The molecule has 1 saturated carbocycles. The van der Waals surface area contributed by atoms with E-state index in [4.69, 9.17) is 10.1 Å². The number of aliphatic imine (C=N–C) groups is 1. The van der Waals surface area contributed by atoms with Gasteiger partial charge in [-0.25, -0.2) is 14.1 Å². The van der Waals surface area contributed by atoms with E-state index < -0.39 is 0 Å². The lowest BCUT2D eigenvalue weighted by Gasteiger charge is -2.23. The minimum Gasteiger partial charge on any atom is -0.331 e. The maximum atomic E-state index is 15.0.